The number of hydrogen-bond acceptors (Lipinski definition) is 2. The van der Waals surface area contributed by atoms with Crippen LogP contribution in [0.5, 0.6) is 0 Å². The molecular weight excluding hydrogens is 247 g/mol. The van der Waals surface area contributed by atoms with Crippen molar-refractivity contribution >= 4 is 5.91 Å². The summed E-state index contributed by atoms with van der Waals surface area (Å²) >= 11 is 0. The summed E-state index contributed by atoms with van der Waals surface area (Å²) in [4.78, 5) is 12.9. The summed E-state index contributed by atoms with van der Waals surface area (Å²) in [6.45, 7) is 3.80. The van der Waals surface area contributed by atoms with Crippen LogP contribution in [0.1, 0.15) is 39.5 Å². The third-order valence-electron chi connectivity index (χ3n) is 3.53. The van der Waals surface area contributed by atoms with Gasteiger partial charge in [-0.25, -0.2) is 0 Å². The van der Waals surface area contributed by atoms with E-state index in [-0.39, 0.29) is 5.92 Å². The minimum Gasteiger partial charge on any atom is -0.391 e. The number of rotatable bonds is 3. The Balaban J connectivity index is 2.74. The number of aliphatic hydroxyl groups is 1. The minimum absolute atomic E-state index is 0.234. The van der Waals surface area contributed by atoms with E-state index >= 15 is 0 Å². The molecule has 0 aromatic rings. The van der Waals surface area contributed by atoms with E-state index in [1.54, 1.807) is 0 Å². The number of piperidine rings is 1. The van der Waals surface area contributed by atoms with E-state index in [2.05, 4.69) is 0 Å². The Kier molecular flexibility index (Phi) is 5.01. The number of halogens is 3. The molecule has 1 fully saturated rings. The molecule has 0 spiro atoms. The summed E-state index contributed by atoms with van der Waals surface area (Å²) in [6.07, 6.45) is -4.46. The predicted molar refractivity (Wildman–Crippen MR) is 60.9 cm³/mol. The average Bonchev–Trinajstić information content (AvgIpc) is 2.25. The Morgan fingerprint density at radius 2 is 2.06 bits per heavy atom. The molecule has 1 rings (SSSR count). The third-order valence-corrected chi connectivity index (χ3v) is 3.53. The van der Waals surface area contributed by atoms with Crippen molar-refractivity contribution in [3.63, 3.8) is 0 Å². The zero-order chi connectivity index (χ0) is 13.9. The van der Waals surface area contributed by atoms with Crippen LogP contribution in [-0.4, -0.2) is 40.8 Å². The van der Waals surface area contributed by atoms with Gasteiger partial charge in [-0.1, -0.05) is 13.3 Å². The molecule has 0 radical (unpaired) electrons. The molecular formula is C12H20F3NO2. The smallest absolute Gasteiger partial charge is 0.391 e. The number of likely N-dealkylation sites (tertiary alicyclic amines) is 1. The normalized spacial score (nSPS) is 27.1. The summed E-state index contributed by atoms with van der Waals surface area (Å²) in [5.41, 5.74) is 0. The summed E-state index contributed by atoms with van der Waals surface area (Å²) < 4.78 is 36.8. The van der Waals surface area contributed by atoms with Crippen LogP contribution in [0.2, 0.25) is 0 Å². The molecule has 1 amide bonds. The minimum atomic E-state index is -4.49. The highest BCUT2D eigenvalue weighted by Crippen LogP contribution is 2.29. The Hall–Kier alpha value is -0.780. The Morgan fingerprint density at radius 3 is 2.50 bits per heavy atom. The van der Waals surface area contributed by atoms with Gasteiger partial charge < -0.3 is 10.0 Å². The van der Waals surface area contributed by atoms with Crippen molar-refractivity contribution in [2.75, 3.05) is 6.54 Å². The second-order valence-electron chi connectivity index (χ2n) is 5.00. The number of aliphatic hydroxyl groups excluding tert-OH is 1. The first-order valence-electron chi connectivity index (χ1n) is 6.29. The van der Waals surface area contributed by atoms with Crippen molar-refractivity contribution in [2.45, 2.75) is 57.9 Å². The first kappa shape index (κ1) is 15.3. The molecule has 18 heavy (non-hydrogen) atoms. The number of alkyl halides is 3. The molecule has 3 unspecified atom stereocenters. The molecule has 0 bridgehead atoms. The first-order chi connectivity index (χ1) is 8.24. The van der Waals surface area contributed by atoms with Gasteiger partial charge in [0.05, 0.1) is 12.1 Å². The van der Waals surface area contributed by atoms with Crippen LogP contribution in [-0.2, 0) is 4.79 Å². The highest BCUT2D eigenvalue weighted by molar-refractivity contribution is 5.77. The van der Waals surface area contributed by atoms with Crippen molar-refractivity contribution < 1.29 is 23.1 Å². The van der Waals surface area contributed by atoms with Crippen molar-refractivity contribution in [2.24, 2.45) is 5.92 Å². The molecule has 1 N–H and O–H groups in total. The van der Waals surface area contributed by atoms with Crippen molar-refractivity contribution in [3.05, 3.63) is 0 Å². The molecule has 1 aliphatic heterocycles. The fourth-order valence-corrected chi connectivity index (χ4v) is 2.46. The van der Waals surface area contributed by atoms with E-state index in [0.29, 0.717) is 13.0 Å². The third kappa shape index (κ3) is 4.15. The van der Waals surface area contributed by atoms with Gasteiger partial charge in [-0.05, 0) is 25.7 Å². The molecule has 3 atom stereocenters. The molecule has 0 saturated carbocycles. The van der Waals surface area contributed by atoms with E-state index in [1.165, 1.54) is 11.8 Å². The summed E-state index contributed by atoms with van der Waals surface area (Å²) in [7, 11) is 0. The van der Waals surface area contributed by atoms with Crippen LogP contribution in [0.3, 0.4) is 0 Å². The van der Waals surface area contributed by atoms with Crippen LogP contribution in [0, 0.1) is 5.92 Å². The maximum Gasteiger partial charge on any atom is 0.397 e. The van der Waals surface area contributed by atoms with E-state index in [9.17, 15) is 23.1 Å². The van der Waals surface area contributed by atoms with Gasteiger partial charge in [0, 0.05) is 6.54 Å². The quantitative estimate of drug-likeness (QED) is 0.852. The van der Waals surface area contributed by atoms with Crippen molar-refractivity contribution in [3.8, 4) is 0 Å². The molecule has 6 heteroatoms. The van der Waals surface area contributed by atoms with Crippen LogP contribution < -0.4 is 0 Å². The maximum atomic E-state index is 12.3. The molecule has 1 saturated heterocycles. The Bertz CT molecular complexity index is 292. The van der Waals surface area contributed by atoms with Gasteiger partial charge in [-0.15, -0.1) is 0 Å². The lowest BCUT2D eigenvalue weighted by atomic mass is 9.88. The zero-order valence-electron chi connectivity index (χ0n) is 10.7. The predicted octanol–water partition coefficient (Wildman–Crippen LogP) is 2.34. The Labute approximate surface area is 105 Å². The van der Waals surface area contributed by atoms with Gasteiger partial charge in [0.2, 0.25) is 5.91 Å². The molecule has 1 heterocycles. The van der Waals surface area contributed by atoms with Crippen LogP contribution in [0.25, 0.3) is 0 Å². The van der Waals surface area contributed by atoms with Crippen LogP contribution >= 0.6 is 0 Å². The molecule has 0 aromatic heterocycles. The standard InChI is InChI=1S/C12H20F3NO2/c1-3-9-4-5-10(8(2)17)16(7-9)11(18)6-12(13,14)15/h8-10,17H,3-7H2,1-2H3. The van der Waals surface area contributed by atoms with Crippen molar-refractivity contribution in [1.82, 2.24) is 4.90 Å². The topological polar surface area (TPSA) is 40.5 Å². The summed E-state index contributed by atoms with van der Waals surface area (Å²) in [6, 6.07) is -0.484. The van der Waals surface area contributed by atoms with Gasteiger partial charge in [0.1, 0.15) is 6.42 Å². The van der Waals surface area contributed by atoms with E-state index in [4.69, 9.17) is 0 Å². The number of carbonyl (C=O) groups excluding carboxylic acids is 1. The van der Waals surface area contributed by atoms with Crippen LogP contribution in [0.15, 0.2) is 0 Å². The molecule has 3 nitrogen and oxygen atoms in total. The first-order valence-corrected chi connectivity index (χ1v) is 6.29. The number of carbonyl (C=O) groups is 1. The summed E-state index contributed by atoms with van der Waals surface area (Å²) in [5.74, 6) is -0.691. The van der Waals surface area contributed by atoms with Crippen molar-refractivity contribution in [1.29, 1.82) is 0 Å². The molecule has 0 aliphatic carbocycles. The van der Waals surface area contributed by atoms with Gasteiger partial charge >= 0.3 is 6.18 Å². The SMILES string of the molecule is CCC1CCC(C(C)O)N(C(=O)CC(F)(F)F)C1. The average molecular weight is 267 g/mol. The highest BCUT2D eigenvalue weighted by atomic mass is 19.4. The number of hydrogen-bond donors (Lipinski definition) is 1. The largest absolute Gasteiger partial charge is 0.397 e. The van der Waals surface area contributed by atoms with Gasteiger partial charge in [-0.3, -0.25) is 4.79 Å². The lowest BCUT2D eigenvalue weighted by Crippen LogP contribution is -2.52. The van der Waals surface area contributed by atoms with Crippen LogP contribution in [0.4, 0.5) is 13.2 Å². The fraction of sp³-hybridized carbons (Fsp3) is 0.917. The molecule has 0 aromatic carbocycles. The van der Waals surface area contributed by atoms with Gasteiger partial charge in [-0.2, -0.15) is 13.2 Å². The lowest BCUT2D eigenvalue weighted by Gasteiger charge is -2.41. The second kappa shape index (κ2) is 5.91. The highest BCUT2D eigenvalue weighted by Gasteiger charge is 2.39. The zero-order valence-corrected chi connectivity index (χ0v) is 10.7. The lowest BCUT2D eigenvalue weighted by molar-refractivity contribution is -0.167. The van der Waals surface area contributed by atoms with Gasteiger partial charge in [0.25, 0.3) is 0 Å². The second-order valence-corrected chi connectivity index (χ2v) is 5.00. The van der Waals surface area contributed by atoms with E-state index in [1.807, 2.05) is 6.92 Å². The summed E-state index contributed by atoms with van der Waals surface area (Å²) in [5, 5.41) is 9.58. The maximum absolute atomic E-state index is 12.3. The number of nitrogens with zero attached hydrogens (tertiary/aromatic N) is 1. The molecule has 106 valence electrons. The monoisotopic (exact) mass is 267 g/mol. The van der Waals surface area contributed by atoms with E-state index in [0.717, 1.165) is 12.8 Å². The van der Waals surface area contributed by atoms with E-state index < -0.39 is 30.7 Å². The fourth-order valence-electron chi connectivity index (χ4n) is 2.46. The number of amides is 1. The molecule has 1 aliphatic rings. The van der Waals surface area contributed by atoms with Gasteiger partial charge in [0.15, 0.2) is 0 Å². The Morgan fingerprint density at radius 1 is 1.44 bits per heavy atom.